The number of anilines is 2. The molecule has 3 aromatic rings. The number of nitrogens with zero attached hydrogens (tertiary/aromatic N) is 5. The molecule has 1 amide bonds. The smallest absolute Gasteiger partial charge is 0.315 e. The second kappa shape index (κ2) is 10.2. The van der Waals surface area contributed by atoms with Gasteiger partial charge in [0.15, 0.2) is 0 Å². The standard InChI is InChI=1S/C28H30F2N6O3S/c29-28(30,20-4-2-1-3-5-20)25-17-24(19-6-7-19)32-27(33-25)34-12-14-35(15-13-34)40(38,39)23-10-8-22(9-11-23)36-18-21(31)16-26(36)37/h1-5,8-11,17,19,21H,6-7,12-16,18,31H2. The highest BCUT2D eigenvalue weighted by atomic mass is 32.2. The molecule has 0 bridgehead atoms. The minimum atomic E-state index is -3.79. The molecule has 210 valence electrons. The zero-order valence-electron chi connectivity index (χ0n) is 21.8. The first-order chi connectivity index (χ1) is 19.1. The second-order valence-electron chi connectivity index (χ2n) is 10.5. The van der Waals surface area contributed by atoms with Crippen LogP contribution in [0.2, 0.25) is 0 Å². The van der Waals surface area contributed by atoms with E-state index in [1.165, 1.54) is 34.6 Å². The fraction of sp³-hybridized carbons (Fsp3) is 0.393. The molecular weight excluding hydrogens is 538 g/mol. The van der Waals surface area contributed by atoms with Gasteiger partial charge in [0.1, 0.15) is 5.69 Å². The fourth-order valence-electron chi connectivity index (χ4n) is 5.20. The van der Waals surface area contributed by atoms with Crippen LogP contribution in [0, 0.1) is 0 Å². The molecule has 40 heavy (non-hydrogen) atoms. The lowest BCUT2D eigenvalue weighted by Gasteiger charge is -2.34. The Morgan fingerprint density at radius 2 is 1.60 bits per heavy atom. The third kappa shape index (κ3) is 5.06. The van der Waals surface area contributed by atoms with Crippen LogP contribution in [-0.4, -0.2) is 67.4 Å². The van der Waals surface area contributed by atoms with E-state index in [9.17, 15) is 13.2 Å². The largest absolute Gasteiger partial charge is 0.338 e. The number of hydrogen-bond donors (Lipinski definition) is 1. The van der Waals surface area contributed by atoms with Gasteiger partial charge in [-0.2, -0.15) is 13.1 Å². The Labute approximate surface area is 231 Å². The molecule has 3 aliphatic rings. The van der Waals surface area contributed by atoms with Crippen LogP contribution >= 0.6 is 0 Å². The number of carbonyl (C=O) groups is 1. The van der Waals surface area contributed by atoms with E-state index < -0.39 is 15.9 Å². The van der Waals surface area contributed by atoms with Crippen LogP contribution in [0.4, 0.5) is 20.4 Å². The Hall–Kier alpha value is -3.48. The van der Waals surface area contributed by atoms with E-state index in [4.69, 9.17) is 5.73 Å². The maximum atomic E-state index is 15.4. The molecule has 3 fully saturated rings. The second-order valence-corrected chi connectivity index (χ2v) is 12.5. The van der Waals surface area contributed by atoms with E-state index in [1.54, 1.807) is 40.1 Å². The molecule has 9 nitrogen and oxygen atoms in total. The average Bonchev–Trinajstić information content (AvgIpc) is 3.77. The summed E-state index contributed by atoms with van der Waals surface area (Å²) in [5.41, 5.74) is 6.59. The number of hydrogen-bond acceptors (Lipinski definition) is 7. The number of amides is 1. The summed E-state index contributed by atoms with van der Waals surface area (Å²) < 4.78 is 59.0. The van der Waals surface area contributed by atoms with Gasteiger partial charge in [-0.3, -0.25) is 4.79 Å². The lowest BCUT2D eigenvalue weighted by Crippen LogP contribution is -2.49. The molecule has 2 aromatic carbocycles. The molecule has 1 atom stereocenters. The van der Waals surface area contributed by atoms with Crippen LogP contribution < -0.4 is 15.5 Å². The molecule has 3 heterocycles. The normalized spacial score (nSPS) is 20.8. The van der Waals surface area contributed by atoms with Gasteiger partial charge >= 0.3 is 5.92 Å². The van der Waals surface area contributed by atoms with E-state index >= 15 is 8.78 Å². The number of halogens is 2. The zero-order valence-corrected chi connectivity index (χ0v) is 22.6. The third-order valence-corrected chi connectivity index (χ3v) is 9.56. The Bertz CT molecular complexity index is 1510. The first-order valence-corrected chi connectivity index (χ1v) is 14.8. The summed E-state index contributed by atoms with van der Waals surface area (Å²) in [4.78, 5) is 24.5. The predicted octanol–water partition coefficient (Wildman–Crippen LogP) is 3.07. The van der Waals surface area contributed by atoms with E-state index in [0.717, 1.165) is 12.8 Å². The van der Waals surface area contributed by atoms with Crippen LogP contribution in [0.15, 0.2) is 65.6 Å². The van der Waals surface area contributed by atoms with Crippen molar-refractivity contribution in [3.63, 3.8) is 0 Å². The highest BCUT2D eigenvalue weighted by molar-refractivity contribution is 7.89. The Balaban J connectivity index is 1.18. The van der Waals surface area contributed by atoms with Gasteiger partial charge in [0.2, 0.25) is 21.9 Å². The first kappa shape index (κ1) is 26.7. The summed E-state index contributed by atoms with van der Waals surface area (Å²) in [6.07, 6.45) is 2.07. The molecule has 6 rings (SSSR count). The third-order valence-electron chi connectivity index (χ3n) is 7.65. The van der Waals surface area contributed by atoms with E-state index in [2.05, 4.69) is 9.97 Å². The molecule has 0 spiro atoms. The van der Waals surface area contributed by atoms with Gasteiger partial charge in [-0.1, -0.05) is 30.3 Å². The molecule has 2 aliphatic heterocycles. The maximum absolute atomic E-state index is 15.4. The summed E-state index contributed by atoms with van der Waals surface area (Å²) in [5, 5.41) is 0. The summed E-state index contributed by atoms with van der Waals surface area (Å²) in [7, 11) is -3.79. The van der Waals surface area contributed by atoms with Gasteiger partial charge in [-0.25, -0.2) is 18.4 Å². The van der Waals surface area contributed by atoms with Crippen molar-refractivity contribution in [3.8, 4) is 0 Å². The van der Waals surface area contributed by atoms with E-state index in [0.29, 0.717) is 17.9 Å². The fourth-order valence-corrected chi connectivity index (χ4v) is 6.62. The number of aromatic nitrogens is 2. The minimum Gasteiger partial charge on any atom is -0.338 e. The molecule has 1 saturated carbocycles. The maximum Gasteiger partial charge on any atom is 0.315 e. The lowest BCUT2D eigenvalue weighted by molar-refractivity contribution is -0.117. The number of nitrogens with two attached hydrogens (primary N) is 1. The highest BCUT2D eigenvalue weighted by Crippen LogP contribution is 2.42. The number of sulfonamides is 1. The van der Waals surface area contributed by atoms with Crippen molar-refractivity contribution < 1.29 is 22.0 Å². The van der Waals surface area contributed by atoms with Gasteiger partial charge in [0.05, 0.1) is 4.90 Å². The molecule has 1 aromatic heterocycles. The van der Waals surface area contributed by atoms with Crippen molar-refractivity contribution in [3.05, 3.63) is 77.6 Å². The van der Waals surface area contributed by atoms with E-state index in [-0.39, 0.29) is 72.6 Å². The van der Waals surface area contributed by atoms with Crippen LogP contribution in [0.5, 0.6) is 0 Å². The first-order valence-electron chi connectivity index (χ1n) is 13.4. The van der Waals surface area contributed by atoms with Crippen LogP contribution in [-0.2, 0) is 20.7 Å². The van der Waals surface area contributed by atoms with Crippen LogP contribution in [0.3, 0.4) is 0 Å². The van der Waals surface area contributed by atoms with Gasteiger partial charge in [-0.15, -0.1) is 0 Å². The molecule has 1 aliphatic carbocycles. The SMILES string of the molecule is NC1CC(=O)N(c2ccc(S(=O)(=O)N3CCN(c4nc(C5CC5)cc(C(F)(F)c5ccccc5)n4)CC3)cc2)C1. The van der Waals surface area contributed by atoms with Gasteiger partial charge in [0, 0.05) is 68.0 Å². The molecular formula is C28H30F2N6O3S. The monoisotopic (exact) mass is 568 g/mol. The molecule has 1 unspecified atom stereocenters. The van der Waals surface area contributed by atoms with Crippen molar-refractivity contribution in [1.29, 1.82) is 0 Å². The van der Waals surface area contributed by atoms with Crippen molar-refractivity contribution in [1.82, 2.24) is 14.3 Å². The number of piperazine rings is 1. The Morgan fingerprint density at radius 1 is 0.925 bits per heavy atom. The average molecular weight is 569 g/mol. The predicted molar refractivity (Wildman–Crippen MR) is 146 cm³/mol. The van der Waals surface area contributed by atoms with Crippen molar-refractivity contribution in [2.45, 2.75) is 42.0 Å². The molecule has 12 heteroatoms. The van der Waals surface area contributed by atoms with Crippen LogP contribution in [0.1, 0.15) is 42.1 Å². The summed E-state index contributed by atoms with van der Waals surface area (Å²) in [6, 6.07) is 15.0. The summed E-state index contributed by atoms with van der Waals surface area (Å²) in [6.45, 7) is 1.25. The van der Waals surface area contributed by atoms with Gasteiger partial charge in [0.25, 0.3) is 0 Å². The zero-order chi connectivity index (χ0) is 28.1. The lowest BCUT2D eigenvalue weighted by atomic mass is 10.0. The summed E-state index contributed by atoms with van der Waals surface area (Å²) >= 11 is 0. The number of carbonyl (C=O) groups excluding carboxylic acids is 1. The summed E-state index contributed by atoms with van der Waals surface area (Å²) in [5.74, 6) is -3.03. The Kier molecular flexibility index (Phi) is 6.79. The van der Waals surface area contributed by atoms with Gasteiger partial charge in [-0.05, 0) is 43.2 Å². The van der Waals surface area contributed by atoms with E-state index in [1.807, 2.05) is 0 Å². The van der Waals surface area contributed by atoms with Crippen molar-refractivity contribution >= 4 is 27.6 Å². The highest BCUT2D eigenvalue weighted by Gasteiger charge is 2.39. The number of benzene rings is 2. The van der Waals surface area contributed by atoms with Gasteiger partial charge < -0.3 is 15.5 Å². The Morgan fingerprint density at radius 3 is 2.20 bits per heavy atom. The number of alkyl halides is 2. The van der Waals surface area contributed by atoms with Crippen molar-refractivity contribution in [2.24, 2.45) is 5.73 Å². The van der Waals surface area contributed by atoms with Crippen molar-refractivity contribution in [2.75, 3.05) is 42.5 Å². The quantitative estimate of drug-likeness (QED) is 0.466. The number of rotatable bonds is 7. The minimum absolute atomic E-state index is 0.0862. The topological polar surface area (TPSA) is 113 Å². The molecule has 0 radical (unpaired) electrons. The molecule has 2 saturated heterocycles. The van der Waals surface area contributed by atoms with Crippen LogP contribution in [0.25, 0.3) is 0 Å². The molecule has 2 N–H and O–H groups in total.